The summed E-state index contributed by atoms with van der Waals surface area (Å²) in [5.41, 5.74) is -0.302. The smallest absolute Gasteiger partial charge is 0.165 e. The van der Waals surface area contributed by atoms with E-state index in [2.05, 4.69) is 16.4 Å². The van der Waals surface area contributed by atoms with Gasteiger partial charge in [-0.2, -0.15) is 5.26 Å². The monoisotopic (exact) mass is 205 g/mol. The van der Waals surface area contributed by atoms with Crippen LogP contribution < -0.4 is 5.32 Å². The highest BCUT2D eigenvalue weighted by Gasteiger charge is 2.37. The number of rotatable bonds is 3. The lowest BCUT2D eigenvalue weighted by molar-refractivity contribution is 0.232. The van der Waals surface area contributed by atoms with Crippen LogP contribution in [0.15, 0.2) is 18.3 Å². The summed E-state index contributed by atoms with van der Waals surface area (Å²) < 4.78 is 13.2. The van der Waals surface area contributed by atoms with Crippen molar-refractivity contribution in [3.8, 4) is 6.07 Å². The molecule has 0 spiro atoms. The fourth-order valence-electron chi connectivity index (χ4n) is 1.70. The Morgan fingerprint density at radius 1 is 1.60 bits per heavy atom. The molecule has 0 aromatic carbocycles. The van der Waals surface area contributed by atoms with Crippen molar-refractivity contribution in [3.63, 3.8) is 0 Å². The maximum atomic E-state index is 13.2. The first kappa shape index (κ1) is 9.91. The summed E-state index contributed by atoms with van der Waals surface area (Å²) in [6, 6.07) is 5.19. The predicted octanol–water partition coefficient (Wildman–Crippen LogP) is 2.33. The highest BCUT2D eigenvalue weighted by Crippen LogP contribution is 2.40. The molecule has 78 valence electrons. The van der Waals surface area contributed by atoms with Crippen molar-refractivity contribution in [1.29, 1.82) is 5.26 Å². The number of aromatic nitrogens is 1. The second-order valence-electron chi connectivity index (χ2n) is 3.93. The normalized spacial score (nSPS) is 17.6. The molecule has 1 N–H and O–H groups in total. The van der Waals surface area contributed by atoms with Gasteiger partial charge in [0.1, 0.15) is 0 Å². The minimum Gasteiger partial charge on any atom is -0.366 e. The molecule has 0 radical (unpaired) electrons. The van der Waals surface area contributed by atoms with Gasteiger partial charge in [-0.1, -0.05) is 6.42 Å². The zero-order chi connectivity index (χ0) is 10.7. The second kappa shape index (κ2) is 3.85. The van der Waals surface area contributed by atoms with Gasteiger partial charge in [-0.05, 0) is 25.0 Å². The van der Waals surface area contributed by atoms with Crippen LogP contribution in [0, 0.1) is 22.6 Å². The first-order chi connectivity index (χ1) is 7.26. The first-order valence-electron chi connectivity index (χ1n) is 5.01. The van der Waals surface area contributed by atoms with Crippen molar-refractivity contribution in [3.05, 3.63) is 24.1 Å². The van der Waals surface area contributed by atoms with Crippen molar-refractivity contribution in [2.45, 2.75) is 19.3 Å². The third-order valence-electron chi connectivity index (χ3n) is 2.90. The zero-order valence-electron chi connectivity index (χ0n) is 8.33. The average molecular weight is 205 g/mol. The summed E-state index contributed by atoms with van der Waals surface area (Å²) in [4.78, 5) is 3.88. The molecule has 0 aliphatic heterocycles. The molecule has 15 heavy (non-hydrogen) atoms. The van der Waals surface area contributed by atoms with Gasteiger partial charge in [-0.15, -0.1) is 0 Å². The molecule has 1 aliphatic rings. The molecule has 0 amide bonds. The number of nitriles is 1. The number of hydrogen-bond donors (Lipinski definition) is 1. The standard InChI is InChI=1S/C11H12FN3/c12-9-3-1-6-14-10(9)15-8-11(7-13)4-2-5-11/h1,3,6H,2,4-5,8H2,(H,14,15). The molecule has 1 aliphatic carbocycles. The highest BCUT2D eigenvalue weighted by atomic mass is 19.1. The van der Waals surface area contributed by atoms with E-state index in [-0.39, 0.29) is 17.1 Å². The van der Waals surface area contributed by atoms with Crippen LogP contribution in [0.2, 0.25) is 0 Å². The van der Waals surface area contributed by atoms with Gasteiger partial charge in [-0.25, -0.2) is 9.37 Å². The Morgan fingerprint density at radius 3 is 2.93 bits per heavy atom. The van der Waals surface area contributed by atoms with Crippen LogP contribution in [0.5, 0.6) is 0 Å². The summed E-state index contributed by atoms with van der Waals surface area (Å²) in [6.07, 6.45) is 4.40. The molecule has 0 atom stereocenters. The Hall–Kier alpha value is -1.63. The summed E-state index contributed by atoms with van der Waals surface area (Å²) in [7, 11) is 0. The minimum absolute atomic E-state index is 0.235. The lowest BCUT2D eigenvalue weighted by atomic mass is 9.70. The molecule has 1 aromatic rings. The molecule has 4 heteroatoms. The molecule has 2 rings (SSSR count). The maximum absolute atomic E-state index is 13.2. The topological polar surface area (TPSA) is 48.7 Å². The van der Waals surface area contributed by atoms with Crippen LogP contribution in [0.25, 0.3) is 0 Å². The fourth-order valence-corrected chi connectivity index (χ4v) is 1.70. The molecular weight excluding hydrogens is 193 g/mol. The van der Waals surface area contributed by atoms with Gasteiger partial charge in [-0.3, -0.25) is 0 Å². The highest BCUT2D eigenvalue weighted by molar-refractivity contribution is 5.36. The van der Waals surface area contributed by atoms with E-state index in [1.165, 1.54) is 12.3 Å². The SMILES string of the molecule is N#CC1(CNc2ncccc2F)CCC1. The number of anilines is 1. The third-order valence-corrected chi connectivity index (χ3v) is 2.90. The molecule has 3 nitrogen and oxygen atoms in total. The van der Waals surface area contributed by atoms with E-state index in [1.807, 2.05) is 0 Å². The summed E-state index contributed by atoms with van der Waals surface area (Å²) in [5.74, 6) is -0.135. The molecule has 0 bridgehead atoms. The van der Waals surface area contributed by atoms with Crippen molar-refractivity contribution in [1.82, 2.24) is 4.98 Å². The Kier molecular flexibility index (Phi) is 2.55. The van der Waals surface area contributed by atoms with Crippen LogP contribution >= 0.6 is 0 Å². The van der Waals surface area contributed by atoms with E-state index in [0.29, 0.717) is 6.54 Å². The molecule has 0 unspecified atom stereocenters. The Labute approximate surface area is 87.9 Å². The van der Waals surface area contributed by atoms with Crippen molar-refractivity contribution < 1.29 is 4.39 Å². The van der Waals surface area contributed by atoms with Gasteiger partial charge in [0, 0.05) is 12.7 Å². The van der Waals surface area contributed by atoms with Crippen molar-refractivity contribution >= 4 is 5.82 Å². The Balaban J connectivity index is 1.99. The van der Waals surface area contributed by atoms with Gasteiger partial charge in [0.25, 0.3) is 0 Å². The predicted molar refractivity (Wildman–Crippen MR) is 54.6 cm³/mol. The van der Waals surface area contributed by atoms with Gasteiger partial charge in [0.2, 0.25) is 0 Å². The van der Waals surface area contributed by atoms with Crippen LogP contribution in [-0.2, 0) is 0 Å². The van der Waals surface area contributed by atoms with Gasteiger partial charge < -0.3 is 5.32 Å². The summed E-state index contributed by atoms with van der Waals surface area (Å²) in [6.45, 7) is 0.484. The number of nitrogens with one attached hydrogen (secondary N) is 1. The van der Waals surface area contributed by atoms with Gasteiger partial charge in [0.15, 0.2) is 11.6 Å². The van der Waals surface area contributed by atoms with Gasteiger partial charge >= 0.3 is 0 Å². The van der Waals surface area contributed by atoms with E-state index < -0.39 is 0 Å². The van der Waals surface area contributed by atoms with Gasteiger partial charge in [0.05, 0.1) is 11.5 Å². The van der Waals surface area contributed by atoms with Crippen LogP contribution in [0.1, 0.15) is 19.3 Å². The molecule has 1 saturated carbocycles. The van der Waals surface area contributed by atoms with E-state index in [4.69, 9.17) is 5.26 Å². The molecule has 1 aromatic heterocycles. The largest absolute Gasteiger partial charge is 0.366 e. The Bertz CT molecular complexity index is 393. The Morgan fingerprint density at radius 2 is 2.40 bits per heavy atom. The number of hydrogen-bond acceptors (Lipinski definition) is 3. The fraction of sp³-hybridized carbons (Fsp3) is 0.455. The van der Waals surface area contributed by atoms with Crippen molar-refractivity contribution in [2.24, 2.45) is 5.41 Å². The lowest BCUT2D eigenvalue weighted by Crippen LogP contribution is -2.35. The summed E-state index contributed by atoms with van der Waals surface area (Å²) >= 11 is 0. The molecular formula is C11H12FN3. The number of halogens is 1. The van der Waals surface area contributed by atoms with Crippen LogP contribution in [-0.4, -0.2) is 11.5 Å². The summed E-state index contributed by atoms with van der Waals surface area (Å²) in [5, 5.41) is 11.9. The quantitative estimate of drug-likeness (QED) is 0.823. The zero-order valence-corrected chi connectivity index (χ0v) is 8.33. The second-order valence-corrected chi connectivity index (χ2v) is 3.93. The third kappa shape index (κ3) is 1.91. The average Bonchev–Trinajstić information content (AvgIpc) is 2.19. The van der Waals surface area contributed by atoms with E-state index in [0.717, 1.165) is 19.3 Å². The number of nitrogens with zero attached hydrogens (tertiary/aromatic N) is 2. The first-order valence-corrected chi connectivity index (χ1v) is 5.01. The van der Waals surface area contributed by atoms with E-state index in [9.17, 15) is 4.39 Å². The van der Waals surface area contributed by atoms with Crippen LogP contribution in [0.3, 0.4) is 0 Å². The van der Waals surface area contributed by atoms with E-state index >= 15 is 0 Å². The number of pyridine rings is 1. The van der Waals surface area contributed by atoms with Crippen molar-refractivity contribution in [2.75, 3.05) is 11.9 Å². The minimum atomic E-state index is -0.370. The molecule has 1 fully saturated rings. The van der Waals surface area contributed by atoms with E-state index in [1.54, 1.807) is 6.07 Å². The lowest BCUT2D eigenvalue weighted by Gasteiger charge is -2.35. The molecule has 1 heterocycles. The van der Waals surface area contributed by atoms with Crippen LogP contribution in [0.4, 0.5) is 10.2 Å². The maximum Gasteiger partial charge on any atom is 0.165 e. The molecule has 0 saturated heterocycles.